The molecule has 0 aliphatic heterocycles. The van der Waals surface area contributed by atoms with Crippen molar-refractivity contribution in [3.05, 3.63) is 71.4 Å². The van der Waals surface area contributed by atoms with Crippen LogP contribution in [-0.2, 0) is 28.8 Å². The van der Waals surface area contributed by atoms with Crippen molar-refractivity contribution in [3.63, 3.8) is 0 Å². The maximum Gasteiger partial charge on any atom is 0.306 e. The molecule has 6 aliphatic rings. The number of rotatable bonds is 6. The second kappa shape index (κ2) is 27.3. The minimum atomic E-state index is -1.83. The Bertz CT molecular complexity index is 1790. The number of halogens is 6. The summed E-state index contributed by atoms with van der Waals surface area (Å²) in [6, 6.07) is -2.56. The Balaban J connectivity index is 0.000000397. The molecule has 66 heavy (non-hydrogen) atoms. The van der Waals surface area contributed by atoms with Gasteiger partial charge in [-0.15, -0.1) is 0 Å². The third kappa shape index (κ3) is 18.5. The zero-order chi connectivity index (χ0) is 50.9. The number of hydrogen-bond acceptors (Lipinski definition) is 12. The lowest BCUT2D eigenvalue weighted by Gasteiger charge is -2.00. The summed E-state index contributed by atoms with van der Waals surface area (Å²) >= 11 is 0. The predicted octanol–water partition coefficient (Wildman–Crippen LogP) is 3.97. The SMILES string of the molecule is C=C1C[C@H](C(=O)O)C[C@@H]1N.C=C1C[C@H](C(=O)O)C[C@H]1N.N[C@@H]1C[C@@H](C(=O)O)CC1=C(F)F.N[C@@H]1C[C@@H](C(=O)O)CC1=C(F)F.N[C@H]1C[C@@H](C(=O)O)C/C1=C/F.N[C@H]1C[C@@H](C(=O)O)C/C1=C\F. The van der Waals surface area contributed by atoms with E-state index in [-0.39, 0.29) is 73.6 Å². The molecule has 6 aliphatic carbocycles. The van der Waals surface area contributed by atoms with Crippen LogP contribution in [0, 0.1) is 35.5 Å². The van der Waals surface area contributed by atoms with Gasteiger partial charge in [-0.2, -0.15) is 17.6 Å². The molecule has 0 amide bonds. The molecule has 0 spiro atoms. The number of carboxylic acid groups (broad SMARTS) is 6. The summed E-state index contributed by atoms with van der Waals surface area (Å²) in [4.78, 5) is 62.4. The third-order valence-corrected chi connectivity index (χ3v) is 11.9. The summed E-state index contributed by atoms with van der Waals surface area (Å²) in [5, 5.41) is 51.2. The zero-order valence-corrected chi connectivity index (χ0v) is 35.8. The molecule has 0 aromatic heterocycles. The molecule has 18 N–H and O–H groups in total. The molecule has 12 atom stereocenters. The van der Waals surface area contributed by atoms with Gasteiger partial charge in [0.15, 0.2) is 0 Å². The molecule has 6 saturated carbocycles. The largest absolute Gasteiger partial charge is 0.481 e. The van der Waals surface area contributed by atoms with Gasteiger partial charge in [-0.3, -0.25) is 28.8 Å². The highest BCUT2D eigenvalue weighted by molar-refractivity contribution is 5.73. The van der Waals surface area contributed by atoms with Crippen molar-refractivity contribution in [1.29, 1.82) is 0 Å². The lowest BCUT2D eigenvalue weighted by Crippen LogP contribution is -2.19. The molecule has 0 saturated heterocycles. The fourth-order valence-electron chi connectivity index (χ4n) is 7.72. The Morgan fingerprint density at radius 1 is 0.394 bits per heavy atom. The van der Waals surface area contributed by atoms with Crippen LogP contribution in [0.4, 0.5) is 26.3 Å². The first kappa shape index (κ1) is 58.6. The van der Waals surface area contributed by atoms with Crippen LogP contribution in [0.1, 0.15) is 77.0 Å². The Morgan fingerprint density at radius 2 is 0.606 bits per heavy atom. The second-order valence-corrected chi connectivity index (χ2v) is 16.7. The normalized spacial score (nSPS) is 32.0. The number of carboxylic acids is 6. The standard InChI is InChI=1S/2C7H9F2NO2.2C7H10FNO2.2C7H11NO2/c2*8-6(9)4-1-3(7(11)12)2-5(4)10;2*8-3-5-1-4(7(10)11)2-6(5)9;2*1-4-2-5(7(9)10)3-6(4)8/h2*3,5H,1-2,10H2,(H,11,12);2*3-4,6H,1-2,9H2,(H,10,11);2*5-6H,1-3,8H2,(H,9,10)/b;;5-3+;5-3-;;/t2*3-,5+;2*4-,6-;5-,6+;5-,6-/m000000/s1. The maximum absolute atomic E-state index is 12.0. The van der Waals surface area contributed by atoms with Crippen molar-refractivity contribution >= 4 is 35.8 Å². The molecular formula is C42H60F6N6O12. The van der Waals surface area contributed by atoms with Crippen LogP contribution < -0.4 is 34.4 Å². The molecule has 0 bridgehead atoms. The van der Waals surface area contributed by atoms with Gasteiger partial charge in [0.25, 0.3) is 12.2 Å². The molecule has 6 rings (SSSR count). The summed E-state index contributed by atoms with van der Waals surface area (Å²) in [5.41, 5.74) is 34.7. The van der Waals surface area contributed by atoms with Crippen molar-refractivity contribution in [2.75, 3.05) is 0 Å². The van der Waals surface area contributed by atoms with Gasteiger partial charge in [-0.05, 0) is 88.2 Å². The first-order valence-corrected chi connectivity index (χ1v) is 20.5. The average Bonchev–Trinajstić information content (AvgIpc) is 4.09. The van der Waals surface area contributed by atoms with Crippen molar-refractivity contribution < 1.29 is 85.7 Å². The van der Waals surface area contributed by atoms with E-state index in [1.165, 1.54) is 0 Å². The van der Waals surface area contributed by atoms with Crippen molar-refractivity contribution in [3.8, 4) is 0 Å². The molecule has 0 aromatic carbocycles. The predicted molar refractivity (Wildman–Crippen MR) is 225 cm³/mol. The van der Waals surface area contributed by atoms with Crippen LogP contribution in [0.2, 0.25) is 0 Å². The van der Waals surface area contributed by atoms with Crippen molar-refractivity contribution in [1.82, 2.24) is 0 Å². The van der Waals surface area contributed by atoms with Crippen LogP contribution in [0.15, 0.2) is 71.4 Å². The highest BCUT2D eigenvalue weighted by Crippen LogP contribution is 2.35. The number of nitrogens with two attached hydrogens (primary N) is 6. The van der Waals surface area contributed by atoms with E-state index < -0.39 is 95.8 Å². The van der Waals surface area contributed by atoms with E-state index >= 15 is 0 Å². The number of hydrogen-bond donors (Lipinski definition) is 12. The van der Waals surface area contributed by atoms with E-state index in [1.807, 2.05) is 0 Å². The Kier molecular flexibility index (Phi) is 24.2. The van der Waals surface area contributed by atoms with Crippen molar-refractivity contribution in [2.45, 2.75) is 113 Å². The van der Waals surface area contributed by atoms with E-state index in [2.05, 4.69) is 13.2 Å². The molecule has 372 valence electrons. The summed E-state index contributed by atoms with van der Waals surface area (Å²) < 4.78 is 72.0. The van der Waals surface area contributed by atoms with Crippen LogP contribution in [0.5, 0.6) is 0 Å². The summed E-state index contributed by atoms with van der Waals surface area (Å²) in [5.74, 6) is -8.45. The van der Waals surface area contributed by atoms with Gasteiger partial charge in [-0.1, -0.05) is 24.3 Å². The van der Waals surface area contributed by atoms with Crippen LogP contribution in [0.3, 0.4) is 0 Å². The Hall–Kier alpha value is -5.40. The highest BCUT2D eigenvalue weighted by Gasteiger charge is 2.36. The highest BCUT2D eigenvalue weighted by atomic mass is 19.3. The van der Waals surface area contributed by atoms with E-state index in [4.69, 9.17) is 65.0 Å². The molecular weight excluding hydrogens is 894 g/mol. The van der Waals surface area contributed by atoms with Gasteiger partial charge in [-0.25, -0.2) is 8.78 Å². The average molecular weight is 955 g/mol. The monoisotopic (exact) mass is 954 g/mol. The van der Waals surface area contributed by atoms with Crippen LogP contribution in [0.25, 0.3) is 0 Å². The van der Waals surface area contributed by atoms with E-state index in [1.54, 1.807) is 0 Å². The smallest absolute Gasteiger partial charge is 0.306 e. The fraction of sp³-hybridized carbons (Fsp3) is 0.571. The quantitative estimate of drug-likeness (QED) is 0.132. The van der Waals surface area contributed by atoms with Gasteiger partial charge in [0.2, 0.25) is 0 Å². The lowest BCUT2D eigenvalue weighted by atomic mass is 10.1. The third-order valence-electron chi connectivity index (χ3n) is 11.9. The first-order valence-electron chi connectivity index (χ1n) is 20.5. The Morgan fingerprint density at radius 3 is 0.727 bits per heavy atom. The van der Waals surface area contributed by atoms with Gasteiger partial charge >= 0.3 is 35.8 Å². The molecule has 0 radical (unpaired) electrons. The second-order valence-electron chi connectivity index (χ2n) is 16.7. The number of aliphatic carboxylic acids is 6. The summed E-state index contributed by atoms with van der Waals surface area (Å²) in [7, 11) is 0. The lowest BCUT2D eigenvalue weighted by molar-refractivity contribution is -0.142. The van der Waals surface area contributed by atoms with Gasteiger partial charge < -0.3 is 65.0 Å². The van der Waals surface area contributed by atoms with Gasteiger partial charge in [0, 0.05) is 47.4 Å². The summed E-state index contributed by atoms with van der Waals surface area (Å²) in [6.45, 7) is 7.36. The molecule has 24 heteroatoms. The molecule has 6 fully saturated rings. The topological polar surface area (TPSA) is 380 Å². The minimum absolute atomic E-state index is 0.0962. The first-order chi connectivity index (χ1) is 30.6. The van der Waals surface area contributed by atoms with Gasteiger partial charge in [0.1, 0.15) is 0 Å². The van der Waals surface area contributed by atoms with Crippen molar-refractivity contribution in [2.24, 2.45) is 69.9 Å². The van der Waals surface area contributed by atoms with E-state index in [9.17, 15) is 55.1 Å². The zero-order valence-electron chi connectivity index (χ0n) is 35.8. The molecule has 0 unspecified atom stereocenters. The summed E-state index contributed by atoms with van der Waals surface area (Å²) in [6.07, 6.45) is 0.617. The molecule has 0 heterocycles. The molecule has 0 aromatic rings. The fourth-order valence-corrected chi connectivity index (χ4v) is 7.72. The maximum atomic E-state index is 12.0. The van der Waals surface area contributed by atoms with E-state index in [0.29, 0.717) is 62.3 Å². The van der Waals surface area contributed by atoms with Crippen LogP contribution in [-0.4, -0.2) is 103 Å². The number of carbonyl (C=O) groups is 6. The minimum Gasteiger partial charge on any atom is -0.481 e. The Labute approximate surface area is 375 Å². The van der Waals surface area contributed by atoms with Gasteiger partial charge in [0.05, 0.1) is 48.2 Å². The van der Waals surface area contributed by atoms with Crippen LogP contribution >= 0.6 is 0 Å². The molecule has 18 nitrogen and oxygen atoms in total. The van der Waals surface area contributed by atoms with E-state index in [0.717, 1.165) is 11.1 Å².